The number of hydrogen-bond donors (Lipinski definition) is 1. The number of carboxylic acid groups (broad SMARTS) is 1. The Labute approximate surface area is 132 Å². The van der Waals surface area contributed by atoms with E-state index in [1.807, 2.05) is 20.8 Å². The zero-order valence-electron chi connectivity index (χ0n) is 11.9. The summed E-state index contributed by atoms with van der Waals surface area (Å²) in [6.45, 7) is 6.08. The van der Waals surface area contributed by atoms with Crippen LogP contribution in [0.3, 0.4) is 0 Å². The Kier molecular flexibility index (Phi) is 4.25. The number of aromatic carboxylic acids is 1. The topological polar surface area (TPSA) is 68.0 Å². The lowest BCUT2D eigenvalue weighted by atomic mass is 9.90. The van der Waals surface area contributed by atoms with Crippen molar-refractivity contribution in [3.05, 3.63) is 45.2 Å². The third-order valence-electron chi connectivity index (χ3n) is 2.98. The van der Waals surface area contributed by atoms with E-state index in [2.05, 4.69) is 10.3 Å². The van der Waals surface area contributed by atoms with Crippen LogP contribution in [0.4, 0.5) is 0 Å². The summed E-state index contributed by atoms with van der Waals surface area (Å²) in [7, 11) is 0. The van der Waals surface area contributed by atoms with Crippen LogP contribution < -0.4 is 0 Å². The predicted octanol–water partition coefficient (Wildman–Crippen LogP) is 3.63. The van der Waals surface area contributed by atoms with Gasteiger partial charge in [0.05, 0.1) is 12.2 Å². The Balaban J connectivity index is 2.47. The van der Waals surface area contributed by atoms with Gasteiger partial charge in [0, 0.05) is 15.5 Å². The summed E-state index contributed by atoms with van der Waals surface area (Å²) in [5, 5.41) is 18.0. The first-order valence-electron chi connectivity index (χ1n) is 6.31. The van der Waals surface area contributed by atoms with Gasteiger partial charge in [0.1, 0.15) is 0 Å². The summed E-state index contributed by atoms with van der Waals surface area (Å²) in [5.41, 5.74) is 0.915. The molecule has 1 aromatic heterocycles. The molecule has 0 bridgehead atoms. The first kappa shape index (κ1) is 15.8. The average Bonchev–Trinajstić information content (AvgIpc) is 2.76. The maximum absolute atomic E-state index is 11.3. The van der Waals surface area contributed by atoms with E-state index in [0.29, 0.717) is 22.3 Å². The van der Waals surface area contributed by atoms with Crippen molar-refractivity contribution in [2.45, 2.75) is 32.7 Å². The summed E-state index contributed by atoms with van der Waals surface area (Å²) in [6.07, 6.45) is 0. The molecule has 0 atom stereocenters. The molecule has 0 spiro atoms. The molecule has 0 aliphatic carbocycles. The number of carbonyl (C=O) groups is 1. The predicted molar refractivity (Wildman–Crippen MR) is 81.2 cm³/mol. The smallest absolute Gasteiger partial charge is 0.358 e. The van der Waals surface area contributed by atoms with Gasteiger partial charge in [-0.05, 0) is 17.7 Å². The first-order chi connectivity index (χ1) is 9.70. The molecule has 2 aromatic rings. The Bertz CT molecular complexity index is 690. The van der Waals surface area contributed by atoms with Gasteiger partial charge in [0.2, 0.25) is 0 Å². The van der Waals surface area contributed by atoms with Gasteiger partial charge in [-0.25, -0.2) is 9.48 Å². The van der Waals surface area contributed by atoms with Crippen LogP contribution in [0.25, 0.3) is 0 Å². The van der Waals surface area contributed by atoms with Crippen molar-refractivity contribution >= 4 is 29.2 Å². The number of benzene rings is 1. The van der Waals surface area contributed by atoms with Crippen LogP contribution in [-0.2, 0) is 12.0 Å². The van der Waals surface area contributed by atoms with Gasteiger partial charge in [-0.2, -0.15) is 0 Å². The highest BCUT2D eigenvalue weighted by Gasteiger charge is 2.29. The minimum Gasteiger partial charge on any atom is -0.476 e. The maximum Gasteiger partial charge on any atom is 0.358 e. The van der Waals surface area contributed by atoms with Crippen LogP contribution in [0.15, 0.2) is 18.2 Å². The Morgan fingerprint density at radius 2 is 2.00 bits per heavy atom. The molecule has 0 saturated carbocycles. The molecule has 1 N–H and O–H groups in total. The van der Waals surface area contributed by atoms with E-state index in [9.17, 15) is 9.90 Å². The molecule has 2 rings (SSSR count). The van der Waals surface area contributed by atoms with Crippen molar-refractivity contribution < 1.29 is 9.90 Å². The lowest BCUT2D eigenvalue weighted by Crippen LogP contribution is -2.22. The van der Waals surface area contributed by atoms with Crippen molar-refractivity contribution in [1.29, 1.82) is 0 Å². The third kappa shape index (κ3) is 3.36. The largest absolute Gasteiger partial charge is 0.476 e. The van der Waals surface area contributed by atoms with Crippen molar-refractivity contribution in [2.75, 3.05) is 0 Å². The molecule has 1 heterocycles. The molecule has 1 aromatic carbocycles. The van der Waals surface area contributed by atoms with Crippen LogP contribution >= 0.6 is 23.2 Å². The summed E-state index contributed by atoms with van der Waals surface area (Å²) in [4.78, 5) is 11.3. The summed E-state index contributed by atoms with van der Waals surface area (Å²) in [5.74, 6) is -1.09. The third-order valence-corrected chi connectivity index (χ3v) is 3.57. The van der Waals surface area contributed by atoms with Crippen molar-refractivity contribution in [1.82, 2.24) is 15.0 Å². The fraction of sp³-hybridized carbons (Fsp3) is 0.357. The van der Waals surface area contributed by atoms with E-state index in [0.717, 1.165) is 5.56 Å². The molecule has 112 valence electrons. The number of carboxylic acids is 1. The van der Waals surface area contributed by atoms with Crippen molar-refractivity contribution in [3.8, 4) is 0 Å². The van der Waals surface area contributed by atoms with Crippen LogP contribution in [0, 0.1) is 0 Å². The normalized spacial score (nSPS) is 11.7. The summed E-state index contributed by atoms with van der Waals surface area (Å²) < 4.78 is 1.57. The lowest BCUT2D eigenvalue weighted by molar-refractivity contribution is 0.0687. The van der Waals surface area contributed by atoms with Gasteiger partial charge in [-0.3, -0.25) is 0 Å². The van der Waals surface area contributed by atoms with Crippen LogP contribution in [-0.4, -0.2) is 26.1 Å². The Morgan fingerprint density at radius 1 is 1.33 bits per heavy atom. The molecular formula is C14H15Cl2N3O2. The molecule has 7 heteroatoms. The Morgan fingerprint density at radius 3 is 2.52 bits per heavy atom. The maximum atomic E-state index is 11.3. The number of hydrogen-bond acceptors (Lipinski definition) is 3. The van der Waals surface area contributed by atoms with Gasteiger partial charge >= 0.3 is 5.97 Å². The van der Waals surface area contributed by atoms with Gasteiger partial charge < -0.3 is 5.11 Å². The van der Waals surface area contributed by atoms with Gasteiger partial charge in [-0.1, -0.05) is 55.3 Å². The van der Waals surface area contributed by atoms with Gasteiger partial charge in [-0.15, -0.1) is 5.10 Å². The molecular weight excluding hydrogens is 313 g/mol. The number of halogens is 2. The quantitative estimate of drug-likeness (QED) is 0.934. The molecule has 0 saturated heterocycles. The highest BCUT2D eigenvalue weighted by molar-refractivity contribution is 6.35. The van der Waals surface area contributed by atoms with Gasteiger partial charge in [0.25, 0.3) is 0 Å². The van der Waals surface area contributed by atoms with Crippen molar-refractivity contribution in [3.63, 3.8) is 0 Å². The van der Waals surface area contributed by atoms with Crippen molar-refractivity contribution in [2.24, 2.45) is 0 Å². The molecule has 0 amide bonds. The molecule has 0 radical (unpaired) electrons. The van der Waals surface area contributed by atoms with E-state index in [1.54, 1.807) is 22.9 Å². The monoisotopic (exact) mass is 327 g/mol. The average molecular weight is 328 g/mol. The van der Waals surface area contributed by atoms with Crippen LogP contribution in [0.5, 0.6) is 0 Å². The molecule has 0 fully saturated rings. The van der Waals surface area contributed by atoms with E-state index in [4.69, 9.17) is 23.2 Å². The van der Waals surface area contributed by atoms with E-state index in [1.165, 1.54) is 0 Å². The number of nitrogens with zero attached hydrogens (tertiary/aromatic N) is 3. The Hall–Kier alpha value is -1.59. The minimum absolute atomic E-state index is 0.0346. The SMILES string of the molecule is CC(C)(C)c1c(C(=O)O)nnn1Cc1ccc(Cl)cc1Cl. The standard InChI is InChI=1S/C14H15Cl2N3O2/c1-14(2,3)12-11(13(20)21)17-18-19(12)7-8-4-5-9(15)6-10(8)16/h4-6H,7H2,1-3H3,(H,20,21). The second kappa shape index (κ2) is 5.66. The zero-order valence-corrected chi connectivity index (χ0v) is 13.4. The summed E-state index contributed by atoms with van der Waals surface area (Å²) >= 11 is 12.0. The second-order valence-electron chi connectivity index (χ2n) is 5.74. The zero-order chi connectivity index (χ0) is 15.8. The summed E-state index contributed by atoms with van der Waals surface area (Å²) in [6, 6.07) is 5.16. The first-order valence-corrected chi connectivity index (χ1v) is 7.07. The van der Waals surface area contributed by atoms with Crippen LogP contribution in [0.1, 0.15) is 42.5 Å². The molecule has 0 unspecified atom stereocenters. The molecule has 5 nitrogen and oxygen atoms in total. The lowest BCUT2D eigenvalue weighted by Gasteiger charge is -2.20. The molecule has 0 aliphatic heterocycles. The fourth-order valence-corrected chi connectivity index (χ4v) is 2.59. The minimum atomic E-state index is -1.09. The second-order valence-corrected chi connectivity index (χ2v) is 6.58. The molecule has 21 heavy (non-hydrogen) atoms. The van der Waals surface area contributed by atoms with E-state index < -0.39 is 11.4 Å². The fourth-order valence-electron chi connectivity index (χ4n) is 2.12. The number of aromatic nitrogens is 3. The highest BCUT2D eigenvalue weighted by Crippen LogP contribution is 2.27. The van der Waals surface area contributed by atoms with E-state index >= 15 is 0 Å². The van der Waals surface area contributed by atoms with E-state index in [-0.39, 0.29) is 5.69 Å². The highest BCUT2D eigenvalue weighted by atomic mass is 35.5. The number of rotatable bonds is 3. The van der Waals surface area contributed by atoms with Crippen LogP contribution in [0.2, 0.25) is 10.0 Å². The van der Waals surface area contributed by atoms with Gasteiger partial charge in [0.15, 0.2) is 5.69 Å². The molecule has 0 aliphatic rings.